The Labute approximate surface area is 64.3 Å². The van der Waals surface area contributed by atoms with Gasteiger partial charge in [-0.1, -0.05) is 0 Å². The summed E-state index contributed by atoms with van der Waals surface area (Å²) in [5.41, 5.74) is 10.0. The molecule has 0 radical (unpaired) electrons. The Bertz CT molecular complexity index is 318. The maximum Gasteiger partial charge on any atom is 0.127 e. The summed E-state index contributed by atoms with van der Waals surface area (Å²) in [4.78, 5) is 2.71. The predicted octanol–water partition coefficient (Wildman–Crippen LogP) is 1.98. The van der Waals surface area contributed by atoms with Gasteiger partial charge in [-0.15, -0.1) is 0 Å². The van der Waals surface area contributed by atoms with Crippen molar-refractivity contribution in [2.45, 2.75) is 13.8 Å². The summed E-state index contributed by atoms with van der Waals surface area (Å²) in [5, 5.41) is 7.59. The molecule has 0 saturated heterocycles. The minimum atomic E-state index is 0.588. The zero-order valence-electron chi connectivity index (χ0n) is 6.74. The van der Waals surface area contributed by atoms with Gasteiger partial charge in [-0.2, -0.15) is 5.10 Å². The molecule has 0 unspecified atom stereocenters. The van der Waals surface area contributed by atoms with Crippen LogP contribution in [0.1, 0.15) is 11.3 Å². The molecule has 0 atom stereocenters. The van der Waals surface area contributed by atoms with Gasteiger partial charge in [0.05, 0.1) is 5.69 Å². The summed E-state index contributed by atoms with van der Waals surface area (Å²) >= 11 is 0. The fourth-order valence-corrected chi connectivity index (χ4v) is 0.934. The molecule has 1 rings (SSSR count). The topological polar surface area (TPSA) is 66.6 Å². The van der Waals surface area contributed by atoms with Gasteiger partial charge in [0.25, 0.3) is 0 Å². The van der Waals surface area contributed by atoms with E-state index in [1.165, 1.54) is 0 Å². The quantitative estimate of drug-likeness (QED) is 0.343. The van der Waals surface area contributed by atoms with Gasteiger partial charge in [0.15, 0.2) is 0 Å². The summed E-state index contributed by atoms with van der Waals surface area (Å²) in [6, 6.07) is 0. The van der Waals surface area contributed by atoms with Crippen molar-refractivity contribution in [1.82, 2.24) is 9.78 Å². The van der Waals surface area contributed by atoms with Crippen molar-refractivity contribution in [2.75, 3.05) is 0 Å². The molecular formula is C6H9N5. The highest BCUT2D eigenvalue weighted by molar-refractivity contribution is 5.40. The third-order valence-corrected chi connectivity index (χ3v) is 1.62. The molecule has 5 heteroatoms. The summed E-state index contributed by atoms with van der Waals surface area (Å²) in [7, 11) is 1.75. The Morgan fingerprint density at radius 1 is 1.55 bits per heavy atom. The number of hydrogen-bond acceptors (Lipinski definition) is 2. The van der Waals surface area contributed by atoms with Gasteiger partial charge in [-0.25, -0.2) is 0 Å². The molecule has 0 fully saturated rings. The number of aromatic nitrogens is 2. The first-order valence-electron chi connectivity index (χ1n) is 3.22. The van der Waals surface area contributed by atoms with Gasteiger partial charge in [0.1, 0.15) is 5.82 Å². The minimum Gasteiger partial charge on any atom is -0.266 e. The standard InChI is InChI=1S/C6H9N5/c1-4-5(2)9-11(3)6(4)8-10-7/h1-3H3. The SMILES string of the molecule is Cc1nn(C)c(N=[N+]=[N-])c1C. The number of aryl methyl sites for hydroxylation is 2. The molecule has 0 spiro atoms. The number of hydrogen-bond donors (Lipinski definition) is 0. The number of azide groups is 1. The van der Waals surface area contributed by atoms with Crippen molar-refractivity contribution >= 4 is 5.82 Å². The second-order valence-corrected chi connectivity index (χ2v) is 2.35. The van der Waals surface area contributed by atoms with Gasteiger partial charge >= 0.3 is 0 Å². The molecule has 0 aliphatic rings. The molecule has 0 amide bonds. The third kappa shape index (κ3) is 1.18. The van der Waals surface area contributed by atoms with Gasteiger partial charge in [0, 0.05) is 12.0 Å². The van der Waals surface area contributed by atoms with Crippen LogP contribution in [0.25, 0.3) is 10.4 Å². The summed E-state index contributed by atoms with van der Waals surface area (Å²) in [6.07, 6.45) is 0. The fourth-order valence-electron chi connectivity index (χ4n) is 0.934. The van der Waals surface area contributed by atoms with E-state index in [0.29, 0.717) is 5.82 Å². The lowest BCUT2D eigenvalue weighted by Gasteiger charge is -1.91. The zero-order valence-corrected chi connectivity index (χ0v) is 6.74. The van der Waals surface area contributed by atoms with Crippen molar-refractivity contribution in [2.24, 2.45) is 12.2 Å². The van der Waals surface area contributed by atoms with Gasteiger partial charge in [0.2, 0.25) is 0 Å². The van der Waals surface area contributed by atoms with E-state index in [0.717, 1.165) is 11.3 Å². The maximum absolute atomic E-state index is 8.20. The van der Waals surface area contributed by atoms with Crippen molar-refractivity contribution in [3.63, 3.8) is 0 Å². The summed E-state index contributed by atoms with van der Waals surface area (Å²) in [6.45, 7) is 3.76. The van der Waals surface area contributed by atoms with Gasteiger partial charge in [-0.05, 0) is 30.1 Å². The molecule has 0 saturated carbocycles. The Kier molecular flexibility index (Phi) is 1.83. The minimum absolute atomic E-state index is 0.588. The Morgan fingerprint density at radius 2 is 2.18 bits per heavy atom. The Balaban J connectivity index is 3.33. The van der Waals surface area contributed by atoms with E-state index < -0.39 is 0 Å². The van der Waals surface area contributed by atoms with E-state index >= 15 is 0 Å². The lowest BCUT2D eigenvalue weighted by atomic mass is 10.3. The molecule has 0 bridgehead atoms. The molecule has 11 heavy (non-hydrogen) atoms. The van der Waals surface area contributed by atoms with E-state index in [9.17, 15) is 0 Å². The van der Waals surface area contributed by atoms with Crippen LogP contribution in [0.15, 0.2) is 5.11 Å². The van der Waals surface area contributed by atoms with Crippen LogP contribution in [-0.2, 0) is 7.05 Å². The van der Waals surface area contributed by atoms with Gasteiger partial charge in [-0.3, -0.25) is 4.68 Å². The van der Waals surface area contributed by atoms with Crippen molar-refractivity contribution in [3.8, 4) is 0 Å². The first kappa shape index (κ1) is 7.63. The van der Waals surface area contributed by atoms with Crippen LogP contribution in [0.5, 0.6) is 0 Å². The highest BCUT2D eigenvalue weighted by Crippen LogP contribution is 2.19. The molecule has 1 heterocycles. The third-order valence-electron chi connectivity index (χ3n) is 1.62. The summed E-state index contributed by atoms with van der Waals surface area (Å²) < 4.78 is 1.57. The second-order valence-electron chi connectivity index (χ2n) is 2.35. The van der Waals surface area contributed by atoms with Crippen molar-refractivity contribution in [1.29, 1.82) is 0 Å². The van der Waals surface area contributed by atoms with E-state index in [2.05, 4.69) is 15.1 Å². The average Bonchev–Trinajstić information content (AvgIpc) is 2.17. The number of rotatable bonds is 1. The zero-order chi connectivity index (χ0) is 8.43. The maximum atomic E-state index is 8.20. The second kappa shape index (κ2) is 2.64. The van der Waals surface area contributed by atoms with E-state index in [1.54, 1.807) is 11.7 Å². The first-order valence-corrected chi connectivity index (χ1v) is 3.22. The normalized spacial score (nSPS) is 9.36. The molecule has 58 valence electrons. The van der Waals surface area contributed by atoms with Crippen LogP contribution < -0.4 is 0 Å². The molecule has 0 aliphatic carbocycles. The first-order chi connectivity index (χ1) is 5.16. The van der Waals surface area contributed by atoms with Crippen molar-refractivity contribution in [3.05, 3.63) is 21.7 Å². The monoisotopic (exact) mass is 151 g/mol. The molecule has 0 aromatic carbocycles. The molecule has 0 N–H and O–H groups in total. The lowest BCUT2D eigenvalue weighted by molar-refractivity contribution is 0.758. The number of nitrogens with zero attached hydrogens (tertiary/aromatic N) is 5. The van der Waals surface area contributed by atoms with E-state index in [4.69, 9.17) is 5.53 Å². The molecular weight excluding hydrogens is 142 g/mol. The van der Waals surface area contributed by atoms with Crippen LogP contribution in [-0.4, -0.2) is 9.78 Å². The van der Waals surface area contributed by atoms with Gasteiger partial charge < -0.3 is 0 Å². The van der Waals surface area contributed by atoms with Crippen LogP contribution in [0.3, 0.4) is 0 Å². The van der Waals surface area contributed by atoms with E-state index in [1.807, 2.05) is 13.8 Å². The molecule has 5 nitrogen and oxygen atoms in total. The average molecular weight is 151 g/mol. The van der Waals surface area contributed by atoms with Crippen LogP contribution in [0.2, 0.25) is 0 Å². The smallest absolute Gasteiger partial charge is 0.127 e. The van der Waals surface area contributed by atoms with Crippen molar-refractivity contribution < 1.29 is 0 Å². The highest BCUT2D eigenvalue weighted by Gasteiger charge is 2.05. The molecule has 1 aromatic rings. The summed E-state index contributed by atoms with van der Waals surface area (Å²) in [5.74, 6) is 0.588. The Morgan fingerprint density at radius 3 is 2.55 bits per heavy atom. The van der Waals surface area contributed by atoms with Crippen LogP contribution in [0, 0.1) is 13.8 Å². The fraction of sp³-hybridized carbons (Fsp3) is 0.500. The predicted molar refractivity (Wildman–Crippen MR) is 41.5 cm³/mol. The largest absolute Gasteiger partial charge is 0.266 e. The highest BCUT2D eigenvalue weighted by atomic mass is 15.3. The molecule has 0 aliphatic heterocycles. The molecule has 1 aromatic heterocycles. The Hall–Kier alpha value is -1.48. The van der Waals surface area contributed by atoms with Crippen LogP contribution >= 0.6 is 0 Å². The van der Waals surface area contributed by atoms with Crippen LogP contribution in [0.4, 0.5) is 5.82 Å². The van der Waals surface area contributed by atoms with E-state index in [-0.39, 0.29) is 0 Å². The lowest BCUT2D eigenvalue weighted by Crippen LogP contribution is -1.88.